The standard InChI is InChI=1S/C27H29N3/c1-16(2)18-11-8-12-19(17(3)4)24(18)27-29-25-22-10-7-6-9-20(22)21-13-14-28-15-23(21)26(25)30(27)5/h6-17,21,23H,1-5H3. The van der Waals surface area contributed by atoms with Gasteiger partial charge in [0.05, 0.1) is 11.4 Å². The molecule has 152 valence electrons. The van der Waals surface area contributed by atoms with Crippen molar-refractivity contribution in [3.8, 4) is 22.6 Å². The Morgan fingerprint density at radius 1 is 0.867 bits per heavy atom. The summed E-state index contributed by atoms with van der Waals surface area (Å²) in [5.41, 5.74) is 9.03. The molecule has 0 saturated carbocycles. The molecule has 0 saturated heterocycles. The predicted molar refractivity (Wildman–Crippen MR) is 125 cm³/mol. The van der Waals surface area contributed by atoms with Gasteiger partial charge in [0.2, 0.25) is 0 Å². The van der Waals surface area contributed by atoms with Crippen LogP contribution in [-0.2, 0) is 7.05 Å². The summed E-state index contributed by atoms with van der Waals surface area (Å²) < 4.78 is 2.33. The Labute approximate surface area is 179 Å². The summed E-state index contributed by atoms with van der Waals surface area (Å²) in [5, 5.41) is 0. The van der Waals surface area contributed by atoms with Crippen molar-refractivity contribution >= 4 is 6.21 Å². The van der Waals surface area contributed by atoms with Crippen molar-refractivity contribution in [3.63, 3.8) is 0 Å². The highest BCUT2D eigenvalue weighted by molar-refractivity contribution is 5.84. The second-order valence-corrected chi connectivity index (χ2v) is 9.13. The molecule has 0 N–H and O–H groups in total. The molecule has 1 aliphatic carbocycles. The van der Waals surface area contributed by atoms with Crippen LogP contribution >= 0.6 is 0 Å². The van der Waals surface area contributed by atoms with Gasteiger partial charge in [0, 0.05) is 42.4 Å². The van der Waals surface area contributed by atoms with Gasteiger partial charge in [-0.1, -0.05) is 76.2 Å². The van der Waals surface area contributed by atoms with Crippen molar-refractivity contribution < 1.29 is 0 Å². The molecule has 1 aliphatic heterocycles. The second-order valence-electron chi connectivity index (χ2n) is 9.13. The number of aromatic nitrogens is 2. The van der Waals surface area contributed by atoms with E-state index in [0.29, 0.717) is 17.8 Å². The van der Waals surface area contributed by atoms with Crippen LogP contribution in [0.5, 0.6) is 0 Å². The molecule has 30 heavy (non-hydrogen) atoms. The molecular weight excluding hydrogens is 366 g/mol. The number of fused-ring (bicyclic) bond motifs is 6. The molecule has 0 spiro atoms. The van der Waals surface area contributed by atoms with Crippen LogP contribution in [0.25, 0.3) is 22.6 Å². The maximum Gasteiger partial charge on any atom is 0.141 e. The van der Waals surface area contributed by atoms with Crippen molar-refractivity contribution in [2.24, 2.45) is 12.0 Å². The van der Waals surface area contributed by atoms with Crippen LogP contribution in [0.1, 0.15) is 73.8 Å². The molecule has 2 aromatic carbocycles. The quantitative estimate of drug-likeness (QED) is 0.481. The summed E-state index contributed by atoms with van der Waals surface area (Å²) in [7, 11) is 2.18. The minimum Gasteiger partial charge on any atom is -0.330 e. The van der Waals surface area contributed by atoms with Gasteiger partial charge in [-0.3, -0.25) is 4.99 Å². The molecule has 3 nitrogen and oxygen atoms in total. The maximum atomic E-state index is 5.32. The zero-order valence-corrected chi connectivity index (χ0v) is 18.4. The molecule has 2 heterocycles. The lowest BCUT2D eigenvalue weighted by Crippen LogP contribution is -2.21. The molecule has 3 heteroatoms. The lowest BCUT2D eigenvalue weighted by atomic mass is 9.75. The molecule has 2 unspecified atom stereocenters. The molecule has 0 amide bonds. The molecule has 2 atom stereocenters. The van der Waals surface area contributed by atoms with E-state index in [1.807, 2.05) is 6.20 Å². The lowest BCUT2D eigenvalue weighted by Gasteiger charge is -2.31. The van der Waals surface area contributed by atoms with Gasteiger partial charge in [0.15, 0.2) is 0 Å². The predicted octanol–water partition coefficient (Wildman–Crippen LogP) is 6.78. The molecule has 0 fully saturated rings. The van der Waals surface area contributed by atoms with Crippen molar-refractivity contribution in [1.29, 1.82) is 0 Å². The lowest BCUT2D eigenvalue weighted by molar-refractivity contribution is 0.696. The van der Waals surface area contributed by atoms with Crippen molar-refractivity contribution in [3.05, 3.63) is 77.1 Å². The van der Waals surface area contributed by atoms with Crippen molar-refractivity contribution in [1.82, 2.24) is 9.55 Å². The van der Waals surface area contributed by atoms with Gasteiger partial charge < -0.3 is 4.57 Å². The molecule has 0 radical (unpaired) electrons. The Morgan fingerprint density at radius 3 is 2.27 bits per heavy atom. The van der Waals surface area contributed by atoms with E-state index in [2.05, 4.69) is 99.1 Å². The highest BCUT2D eigenvalue weighted by Gasteiger charge is 2.37. The fraction of sp³-hybridized carbons (Fsp3) is 0.333. The minimum atomic E-state index is 0.222. The van der Waals surface area contributed by atoms with Crippen LogP contribution in [0.2, 0.25) is 0 Å². The van der Waals surface area contributed by atoms with E-state index in [1.54, 1.807) is 0 Å². The van der Waals surface area contributed by atoms with E-state index >= 15 is 0 Å². The summed E-state index contributed by atoms with van der Waals surface area (Å²) in [6.45, 7) is 9.09. The van der Waals surface area contributed by atoms with Gasteiger partial charge in [-0.2, -0.15) is 0 Å². The van der Waals surface area contributed by atoms with Gasteiger partial charge in [-0.25, -0.2) is 4.98 Å². The van der Waals surface area contributed by atoms with Crippen LogP contribution in [0, 0.1) is 0 Å². The first-order chi connectivity index (χ1) is 14.5. The maximum absolute atomic E-state index is 5.32. The average molecular weight is 396 g/mol. The van der Waals surface area contributed by atoms with Gasteiger partial charge in [-0.15, -0.1) is 0 Å². The number of imidazole rings is 1. The Bertz CT molecular complexity index is 1150. The van der Waals surface area contributed by atoms with Crippen molar-refractivity contribution in [2.45, 2.75) is 51.4 Å². The van der Waals surface area contributed by atoms with Gasteiger partial charge in [-0.05, 0) is 28.5 Å². The highest BCUT2D eigenvalue weighted by Crippen LogP contribution is 2.49. The molecule has 0 bridgehead atoms. The molecular formula is C27H29N3. The molecule has 2 aliphatic rings. The Kier molecular flexibility index (Phi) is 4.50. The van der Waals surface area contributed by atoms with Crippen molar-refractivity contribution in [2.75, 3.05) is 0 Å². The molecule has 5 rings (SSSR count). The summed E-state index contributed by atoms with van der Waals surface area (Å²) in [6.07, 6.45) is 6.27. The number of allylic oxidation sites excluding steroid dienone is 1. The first-order valence-corrected chi connectivity index (χ1v) is 11.0. The minimum absolute atomic E-state index is 0.222. The monoisotopic (exact) mass is 395 g/mol. The topological polar surface area (TPSA) is 30.2 Å². The van der Waals surface area contributed by atoms with E-state index in [1.165, 1.54) is 33.5 Å². The summed E-state index contributed by atoms with van der Waals surface area (Å²) in [5.74, 6) is 2.49. The molecule has 1 aromatic heterocycles. The third-order valence-corrected chi connectivity index (χ3v) is 6.64. The van der Waals surface area contributed by atoms with Gasteiger partial charge >= 0.3 is 0 Å². The fourth-order valence-electron chi connectivity index (χ4n) is 5.16. The molecule has 3 aromatic rings. The smallest absolute Gasteiger partial charge is 0.141 e. The van der Waals surface area contributed by atoms with Crippen LogP contribution in [0.4, 0.5) is 0 Å². The Morgan fingerprint density at radius 2 is 1.57 bits per heavy atom. The van der Waals surface area contributed by atoms with E-state index in [0.717, 1.165) is 11.5 Å². The fourth-order valence-corrected chi connectivity index (χ4v) is 5.16. The summed E-state index contributed by atoms with van der Waals surface area (Å²) >= 11 is 0. The van der Waals surface area contributed by atoms with Gasteiger partial charge in [0.25, 0.3) is 0 Å². The number of aliphatic imine (C=N–C) groups is 1. The van der Waals surface area contributed by atoms with Crippen LogP contribution in [-0.4, -0.2) is 15.8 Å². The number of nitrogens with zero attached hydrogens (tertiary/aromatic N) is 3. The second kappa shape index (κ2) is 7.09. The Balaban J connectivity index is 1.82. The third kappa shape index (κ3) is 2.72. The van der Waals surface area contributed by atoms with Gasteiger partial charge in [0.1, 0.15) is 5.82 Å². The Hall–Kier alpha value is -2.94. The number of benzene rings is 2. The normalized spacial score (nSPS) is 19.2. The van der Waals surface area contributed by atoms with Crippen LogP contribution in [0.15, 0.2) is 59.7 Å². The summed E-state index contributed by atoms with van der Waals surface area (Å²) in [6, 6.07) is 15.5. The highest BCUT2D eigenvalue weighted by atomic mass is 15.1. The number of hydrogen-bond acceptors (Lipinski definition) is 2. The van der Waals surface area contributed by atoms with E-state index in [9.17, 15) is 0 Å². The first kappa shape index (κ1) is 19.0. The number of hydrogen-bond donors (Lipinski definition) is 0. The van der Waals surface area contributed by atoms with Crippen LogP contribution < -0.4 is 0 Å². The third-order valence-electron chi connectivity index (χ3n) is 6.64. The SMILES string of the molecule is CC(C)c1cccc(C(C)C)c1-c1nc2c(n1C)C1C=NC=CC1c1ccccc1-2. The van der Waals surface area contributed by atoms with E-state index < -0.39 is 0 Å². The van der Waals surface area contributed by atoms with Crippen LogP contribution in [0.3, 0.4) is 0 Å². The first-order valence-electron chi connectivity index (χ1n) is 11.0. The van der Waals surface area contributed by atoms with E-state index in [4.69, 9.17) is 4.98 Å². The zero-order chi connectivity index (χ0) is 21.0. The average Bonchev–Trinajstić information content (AvgIpc) is 3.10. The largest absolute Gasteiger partial charge is 0.330 e. The summed E-state index contributed by atoms with van der Waals surface area (Å²) in [4.78, 5) is 9.82. The zero-order valence-electron chi connectivity index (χ0n) is 18.4. The van der Waals surface area contributed by atoms with E-state index in [-0.39, 0.29) is 5.92 Å². The number of rotatable bonds is 3.